The quantitative estimate of drug-likeness (QED) is 0.529. The zero-order chi connectivity index (χ0) is 14.9. The Labute approximate surface area is 132 Å². The van der Waals surface area contributed by atoms with Crippen molar-refractivity contribution in [3.05, 3.63) is 23.3 Å². The average Bonchev–Trinajstić information content (AvgIpc) is 3.08. The Kier molecular flexibility index (Phi) is 4.62. The second kappa shape index (κ2) is 6.31. The average molecular weight is 287 g/mol. The molecule has 0 nitrogen and oxygen atoms in total. The summed E-state index contributed by atoms with van der Waals surface area (Å²) in [7, 11) is 0. The van der Waals surface area contributed by atoms with Crippen molar-refractivity contribution in [2.45, 2.75) is 85.0 Å². The standard InChI is InChI=1S/C21H34/c1-4-5-14-21(16(2)3)15-19(17-10-7-6-8-11-17)18-12-9-13-20(18)21/h9,13,16-17,19H,4-8,10-12,14-15H2,1-3H3. The second-order valence-corrected chi connectivity index (χ2v) is 8.17. The predicted octanol–water partition coefficient (Wildman–Crippen LogP) is 6.68. The van der Waals surface area contributed by atoms with Gasteiger partial charge in [0.15, 0.2) is 0 Å². The largest absolute Gasteiger partial charge is 0.0801 e. The number of rotatable bonds is 5. The number of unbranched alkanes of at least 4 members (excludes halogenated alkanes) is 1. The molecular formula is C21H34. The van der Waals surface area contributed by atoms with Crippen LogP contribution < -0.4 is 0 Å². The van der Waals surface area contributed by atoms with Gasteiger partial charge in [-0.1, -0.05) is 70.6 Å². The molecule has 0 bridgehead atoms. The molecular weight excluding hydrogens is 252 g/mol. The fourth-order valence-corrected chi connectivity index (χ4v) is 5.54. The smallest absolute Gasteiger partial charge is 0.00185 e. The van der Waals surface area contributed by atoms with E-state index in [2.05, 4.69) is 32.9 Å². The van der Waals surface area contributed by atoms with Gasteiger partial charge in [-0.3, -0.25) is 0 Å². The summed E-state index contributed by atoms with van der Waals surface area (Å²) in [4.78, 5) is 0. The zero-order valence-electron chi connectivity index (χ0n) is 14.5. The van der Waals surface area contributed by atoms with Crippen molar-refractivity contribution in [1.29, 1.82) is 0 Å². The van der Waals surface area contributed by atoms with Crippen LogP contribution in [0.1, 0.15) is 85.0 Å². The van der Waals surface area contributed by atoms with Gasteiger partial charge in [0.1, 0.15) is 0 Å². The second-order valence-electron chi connectivity index (χ2n) is 8.17. The molecule has 0 aromatic heterocycles. The molecule has 0 aromatic carbocycles. The van der Waals surface area contributed by atoms with Crippen LogP contribution in [0.3, 0.4) is 0 Å². The van der Waals surface area contributed by atoms with Gasteiger partial charge in [-0.15, -0.1) is 0 Å². The molecule has 0 aromatic rings. The Morgan fingerprint density at radius 3 is 2.62 bits per heavy atom. The SMILES string of the molecule is CCCCC1(C(C)C)CC(C2CCCCC2)C2=C1C=CC2. The summed E-state index contributed by atoms with van der Waals surface area (Å²) in [5.74, 6) is 2.73. The molecule has 0 heteroatoms. The first kappa shape index (κ1) is 15.4. The lowest BCUT2D eigenvalue weighted by Gasteiger charge is -2.38. The number of hydrogen-bond acceptors (Lipinski definition) is 0. The highest BCUT2D eigenvalue weighted by Gasteiger charge is 2.48. The maximum Gasteiger partial charge on any atom is -0.00185 e. The van der Waals surface area contributed by atoms with E-state index in [1.807, 2.05) is 5.57 Å². The minimum atomic E-state index is 0.514. The Morgan fingerprint density at radius 1 is 1.19 bits per heavy atom. The van der Waals surface area contributed by atoms with E-state index in [0.717, 1.165) is 17.8 Å². The molecule has 21 heavy (non-hydrogen) atoms. The van der Waals surface area contributed by atoms with Gasteiger partial charge in [0.2, 0.25) is 0 Å². The molecule has 0 heterocycles. The molecule has 0 N–H and O–H groups in total. The monoisotopic (exact) mass is 286 g/mol. The van der Waals surface area contributed by atoms with Crippen LogP contribution in [0.2, 0.25) is 0 Å². The van der Waals surface area contributed by atoms with Crippen LogP contribution in [-0.2, 0) is 0 Å². The summed E-state index contributed by atoms with van der Waals surface area (Å²) < 4.78 is 0. The molecule has 1 fully saturated rings. The maximum absolute atomic E-state index is 2.52. The van der Waals surface area contributed by atoms with Crippen molar-refractivity contribution in [3.8, 4) is 0 Å². The molecule has 1 saturated carbocycles. The molecule has 0 radical (unpaired) electrons. The third-order valence-electron chi connectivity index (χ3n) is 6.84. The van der Waals surface area contributed by atoms with Crippen LogP contribution in [0.15, 0.2) is 23.3 Å². The normalized spacial score (nSPS) is 33.2. The topological polar surface area (TPSA) is 0 Å². The van der Waals surface area contributed by atoms with E-state index in [1.165, 1.54) is 64.2 Å². The van der Waals surface area contributed by atoms with Crippen molar-refractivity contribution >= 4 is 0 Å². The Balaban J connectivity index is 1.87. The van der Waals surface area contributed by atoms with E-state index in [4.69, 9.17) is 0 Å². The molecule has 3 aliphatic carbocycles. The number of allylic oxidation sites excluding steroid dienone is 4. The summed E-state index contributed by atoms with van der Waals surface area (Å²) in [5.41, 5.74) is 4.17. The van der Waals surface area contributed by atoms with E-state index in [9.17, 15) is 0 Å². The third-order valence-corrected chi connectivity index (χ3v) is 6.84. The molecule has 2 atom stereocenters. The van der Waals surface area contributed by atoms with Gasteiger partial charge < -0.3 is 0 Å². The highest BCUT2D eigenvalue weighted by Crippen LogP contribution is 2.59. The van der Waals surface area contributed by atoms with Crippen LogP contribution >= 0.6 is 0 Å². The van der Waals surface area contributed by atoms with Gasteiger partial charge >= 0.3 is 0 Å². The van der Waals surface area contributed by atoms with Gasteiger partial charge in [-0.2, -0.15) is 0 Å². The summed E-state index contributed by atoms with van der Waals surface area (Å²) in [6, 6.07) is 0. The fraction of sp³-hybridized carbons (Fsp3) is 0.810. The van der Waals surface area contributed by atoms with Crippen LogP contribution in [0.5, 0.6) is 0 Å². The highest BCUT2D eigenvalue weighted by atomic mass is 14.5. The Hall–Kier alpha value is -0.520. The summed E-state index contributed by atoms with van der Waals surface area (Å²) in [6.45, 7) is 7.31. The molecule has 118 valence electrons. The number of hydrogen-bond donors (Lipinski definition) is 0. The lowest BCUT2D eigenvalue weighted by atomic mass is 9.66. The summed E-state index contributed by atoms with van der Waals surface area (Å²) in [5, 5.41) is 0. The molecule has 2 unspecified atom stereocenters. The van der Waals surface area contributed by atoms with Crippen LogP contribution in [0.25, 0.3) is 0 Å². The Morgan fingerprint density at radius 2 is 1.95 bits per heavy atom. The van der Waals surface area contributed by atoms with Crippen molar-refractivity contribution in [3.63, 3.8) is 0 Å². The zero-order valence-corrected chi connectivity index (χ0v) is 14.5. The van der Waals surface area contributed by atoms with Gasteiger partial charge in [0.25, 0.3) is 0 Å². The highest BCUT2D eigenvalue weighted by molar-refractivity contribution is 5.45. The van der Waals surface area contributed by atoms with Crippen molar-refractivity contribution < 1.29 is 0 Å². The van der Waals surface area contributed by atoms with Gasteiger partial charge in [-0.25, -0.2) is 0 Å². The molecule has 0 amide bonds. The van der Waals surface area contributed by atoms with Gasteiger partial charge in [-0.05, 0) is 60.8 Å². The van der Waals surface area contributed by atoms with E-state index in [1.54, 1.807) is 5.57 Å². The molecule has 3 rings (SSSR count). The van der Waals surface area contributed by atoms with Gasteiger partial charge in [0, 0.05) is 0 Å². The van der Waals surface area contributed by atoms with Crippen LogP contribution in [-0.4, -0.2) is 0 Å². The van der Waals surface area contributed by atoms with E-state index >= 15 is 0 Å². The van der Waals surface area contributed by atoms with Crippen molar-refractivity contribution in [2.75, 3.05) is 0 Å². The minimum absolute atomic E-state index is 0.514. The lowest BCUT2D eigenvalue weighted by Crippen LogP contribution is -2.29. The van der Waals surface area contributed by atoms with E-state index in [0.29, 0.717) is 5.41 Å². The molecule has 0 aliphatic heterocycles. The molecule has 3 aliphatic rings. The maximum atomic E-state index is 2.52. The van der Waals surface area contributed by atoms with E-state index in [-0.39, 0.29) is 0 Å². The first-order valence-corrected chi connectivity index (χ1v) is 9.59. The summed E-state index contributed by atoms with van der Waals surface area (Å²) in [6.07, 6.45) is 19.4. The third kappa shape index (κ3) is 2.64. The van der Waals surface area contributed by atoms with Crippen LogP contribution in [0, 0.1) is 23.2 Å². The van der Waals surface area contributed by atoms with Crippen LogP contribution in [0.4, 0.5) is 0 Å². The van der Waals surface area contributed by atoms with Gasteiger partial charge in [0.05, 0.1) is 0 Å². The summed E-state index contributed by atoms with van der Waals surface area (Å²) >= 11 is 0. The first-order chi connectivity index (χ1) is 10.2. The minimum Gasteiger partial charge on any atom is -0.0801 e. The fourth-order valence-electron chi connectivity index (χ4n) is 5.54. The molecule has 0 saturated heterocycles. The Bertz CT molecular complexity index is 419. The first-order valence-electron chi connectivity index (χ1n) is 9.59. The van der Waals surface area contributed by atoms with Crippen molar-refractivity contribution in [1.82, 2.24) is 0 Å². The predicted molar refractivity (Wildman–Crippen MR) is 92.3 cm³/mol. The lowest BCUT2D eigenvalue weighted by molar-refractivity contribution is 0.166. The van der Waals surface area contributed by atoms with E-state index < -0.39 is 0 Å². The molecule has 0 spiro atoms. The van der Waals surface area contributed by atoms with Crippen molar-refractivity contribution in [2.24, 2.45) is 23.2 Å².